The molecule has 0 spiro atoms. The molecule has 1 aliphatic rings. The van der Waals surface area contributed by atoms with Gasteiger partial charge in [-0.2, -0.15) is 0 Å². The second-order valence-electron chi connectivity index (χ2n) is 7.44. The average Bonchev–Trinajstić information content (AvgIpc) is 2.71. The Morgan fingerprint density at radius 3 is 2.43 bits per heavy atom. The molecule has 4 rings (SSSR count). The Bertz CT molecular complexity index is 1090. The van der Waals surface area contributed by atoms with Crippen molar-refractivity contribution in [3.63, 3.8) is 0 Å². The van der Waals surface area contributed by atoms with E-state index in [1.54, 1.807) is 50.3 Å². The molecule has 3 aromatic carbocycles. The fourth-order valence-corrected chi connectivity index (χ4v) is 3.19. The van der Waals surface area contributed by atoms with Gasteiger partial charge in [-0.1, -0.05) is 54.6 Å². The van der Waals surface area contributed by atoms with Gasteiger partial charge < -0.3 is 14.2 Å². The molecule has 0 unspecified atom stereocenters. The fraction of sp³-hybridized carbons (Fsp3) is 0.160. The molecule has 0 bridgehead atoms. The lowest BCUT2D eigenvalue weighted by Gasteiger charge is -2.32. The number of fused-ring (bicyclic) bond motifs is 1. The van der Waals surface area contributed by atoms with Crippen molar-refractivity contribution in [1.29, 1.82) is 0 Å². The average molecular weight is 404 g/mol. The molecular weight excluding hydrogens is 383 g/mol. The van der Waals surface area contributed by atoms with Gasteiger partial charge in [0.15, 0.2) is 0 Å². The molecule has 0 atom stereocenters. The van der Waals surface area contributed by atoms with Crippen LogP contribution < -0.4 is 9.47 Å². The topological polar surface area (TPSA) is 44.8 Å². The Hall–Kier alpha value is -3.60. The summed E-state index contributed by atoms with van der Waals surface area (Å²) in [5.41, 5.74) is 2.76. The van der Waals surface area contributed by atoms with Gasteiger partial charge in [-0.05, 0) is 34.9 Å². The minimum Gasteiger partial charge on any atom is -0.489 e. The number of rotatable bonds is 5. The zero-order valence-electron chi connectivity index (χ0n) is 16.7. The van der Waals surface area contributed by atoms with Crippen molar-refractivity contribution >= 4 is 18.1 Å². The third-order valence-corrected chi connectivity index (χ3v) is 4.58. The summed E-state index contributed by atoms with van der Waals surface area (Å²) in [6, 6.07) is 19.4. The van der Waals surface area contributed by atoms with E-state index in [0.717, 1.165) is 11.1 Å². The Kier molecular flexibility index (Phi) is 5.27. The van der Waals surface area contributed by atoms with Crippen molar-refractivity contribution in [2.24, 2.45) is 0 Å². The zero-order chi connectivity index (χ0) is 21.1. The summed E-state index contributed by atoms with van der Waals surface area (Å²) in [6.07, 6.45) is 3.56. The highest BCUT2D eigenvalue weighted by Crippen LogP contribution is 2.37. The van der Waals surface area contributed by atoms with Gasteiger partial charge in [-0.3, -0.25) is 0 Å². The number of cyclic esters (lactones) is 1. The second kappa shape index (κ2) is 8.03. The molecule has 4 nitrogen and oxygen atoms in total. The van der Waals surface area contributed by atoms with Gasteiger partial charge in [-0.15, -0.1) is 0 Å². The van der Waals surface area contributed by atoms with Crippen LogP contribution in [0.3, 0.4) is 0 Å². The zero-order valence-corrected chi connectivity index (χ0v) is 16.7. The number of esters is 1. The maximum atomic E-state index is 13.2. The molecule has 30 heavy (non-hydrogen) atoms. The number of carbonyl (C=O) groups excluding carboxylic acids is 1. The van der Waals surface area contributed by atoms with E-state index in [9.17, 15) is 9.18 Å². The molecule has 0 N–H and O–H groups in total. The molecule has 0 aromatic heterocycles. The van der Waals surface area contributed by atoms with Crippen molar-refractivity contribution in [2.45, 2.75) is 26.2 Å². The van der Waals surface area contributed by atoms with Crippen LogP contribution in [0.25, 0.3) is 12.2 Å². The second-order valence-corrected chi connectivity index (χ2v) is 7.44. The summed E-state index contributed by atoms with van der Waals surface area (Å²) in [6.45, 7) is 3.74. The number of carbonyl (C=O) groups is 1. The van der Waals surface area contributed by atoms with Crippen molar-refractivity contribution in [2.75, 3.05) is 0 Å². The Balaban J connectivity index is 1.69. The molecule has 152 valence electrons. The van der Waals surface area contributed by atoms with Crippen LogP contribution in [0.1, 0.15) is 40.9 Å². The first kappa shape index (κ1) is 19.7. The Labute approximate surface area is 174 Å². The number of hydrogen-bond acceptors (Lipinski definition) is 4. The minimum atomic E-state index is -1.07. The van der Waals surface area contributed by atoms with Crippen LogP contribution in [0.5, 0.6) is 11.5 Å². The third kappa shape index (κ3) is 4.51. The van der Waals surface area contributed by atoms with Gasteiger partial charge in [0, 0.05) is 19.9 Å². The van der Waals surface area contributed by atoms with Crippen molar-refractivity contribution < 1.29 is 23.4 Å². The van der Waals surface area contributed by atoms with Crippen molar-refractivity contribution in [3.05, 3.63) is 94.8 Å². The molecule has 0 radical (unpaired) electrons. The minimum absolute atomic E-state index is 0.306. The predicted molar refractivity (Wildman–Crippen MR) is 113 cm³/mol. The summed E-state index contributed by atoms with van der Waals surface area (Å²) in [5, 5.41) is 0. The van der Waals surface area contributed by atoms with Crippen molar-refractivity contribution in [3.8, 4) is 11.5 Å². The van der Waals surface area contributed by atoms with Gasteiger partial charge in [0.25, 0.3) is 0 Å². The van der Waals surface area contributed by atoms with Crippen LogP contribution in [0.15, 0.2) is 66.7 Å². The van der Waals surface area contributed by atoms with E-state index in [0.29, 0.717) is 29.2 Å². The van der Waals surface area contributed by atoms with Crippen molar-refractivity contribution in [1.82, 2.24) is 0 Å². The van der Waals surface area contributed by atoms with E-state index in [4.69, 9.17) is 14.2 Å². The number of ether oxygens (including phenoxy) is 3. The molecule has 1 heterocycles. The molecule has 1 aliphatic heterocycles. The Morgan fingerprint density at radius 2 is 1.70 bits per heavy atom. The molecule has 5 heteroatoms. The van der Waals surface area contributed by atoms with Crippen LogP contribution in [-0.2, 0) is 11.3 Å². The number of hydrogen-bond donors (Lipinski definition) is 0. The van der Waals surface area contributed by atoms with E-state index in [1.165, 1.54) is 12.1 Å². The quantitative estimate of drug-likeness (QED) is 0.395. The van der Waals surface area contributed by atoms with Crippen LogP contribution >= 0.6 is 0 Å². The SMILES string of the molecule is CC1(C)OC(=O)c2c(/C=C/c3ccc(F)cc3)cc(OCc3ccccc3)cc2O1. The highest BCUT2D eigenvalue weighted by atomic mass is 19.1. The van der Waals surface area contributed by atoms with Gasteiger partial charge >= 0.3 is 5.97 Å². The van der Waals surface area contributed by atoms with Crippen LogP contribution in [0.2, 0.25) is 0 Å². The molecule has 0 saturated carbocycles. The van der Waals surface area contributed by atoms with Crippen LogP contribution in [0, 0.1) is 5.82 Å². The van der Waals surface area contributed by atoms with E-state index >= 15 is 0 Å². The standard InChI is InChI=1S/C25H21FO4/c1-25(2)29-22-15-21(28-16-18-6-4-3-5-7-18)14-19(23(22)24(27)30-25)11-8-17-9-12-20(26)13-10-17/h3-15H,16H2,1-2H3/b11-8+. The summed E-state index contributed by atoms with van der Waals surface area (Å²) in [5.74, 6) is -0.864. The first-order chi connectivity index (χ1) is 14.4. The molecule has 0 saturated heterocycles. The lowest BCUT2D eigenvalue weighted by atomic mass is 10.0. The lowest BCUT2D eigenvalue weighted by molar-refractivity contribution is -0.127. The first-order valence-electron chi connectivity index (χ1n) is 9.60. The summed E-state index contributed by atoms with van der Waals surface area (Å²) in [4.78, 5) is 12.6. The third-order valence-electron chi connectivity index (χ3n) is 4.58. The predicted octanol–water partition coefficient (Wildman–Crippen LogP) is 5.86. The smallest absolute Gasteiger partial charge is 0.345 e. The highest BCUT2D eigenvalue weighted by molar-refractivity contribution is 5.99. The summed E-state index contributed by atoms with van der Waals surface area (Å²) >= 11 is 0. The molecular formula is C25H21FO4. The fourth-order valence-electron chi connectivity index (χ4n) is 3.19. The van der Waals surface area contributed by atoms with Crippen LogP contribution in [-0.4, -0.2) is 11.8 Å². The number of halogens is 1. The first-order valence-corrected chi connectivity index (χ1v) is 9.60. The molecule has 3 aromatic rings. The van der Waals surface area contributed by atoms with Gasteiger partial charge in [0.2, 0.25) is 5.79 Å². The van der Waals surface area contributed by atoms with E-state index in [1.807, 2.05) is 30.3 Å². The van der Waals surface area contributed by atoms with E-state index in [-0.39, 0.29) is 5.82 Å². The normalized spacial score (nSPS) is 14.7. The van der Waals surface area contributed by atoms with Crippen LogP contribution in [0.4, 0.5) is 4.39 Å². The summed E-state index contributed by atoms with van der Waals surface area (Å²) in [7, 11) is 0. The lowest BCUT2D eigenvalue weighted by Crippen LogP contribution is -2.39. The van der Waals surface area contributed by atoms with Gasteiger partial charge in [0.05, 0.1) is 0 Å². The maximum Gasteiger partial charge on any atom is 0.345 e. The Morgan fingerprint density at radius 1 is 0.967 bits per heavy atom. The number of benzene rings is 3. The van der Waals surface area contributed by atoms with E-state index in [2.05, 4.69) is 0 Å². The highest BCUT2D eigenvalue weighted by Gasteiger charge is 2.35. The molecule has 0 aliphatic carbocycles. The largest absolute Gasteiger partial charge is 0.489 e. The maximum absolute atomic E-state index is 13.2. The van der Waals surface area contributed by atoms with Gasteiger partial charge in [0.1, 0.15) is 29.5 Å². The van der Waals surface area contributed by atoms with E-state index < -0.39 is 11.8 Å². The molecule has 0 amide bonds. The molecule has 0 fully saturated rings. The summed E-state index contributed by atoms with van der Waals surface area (Å²) < 4.78 is 30.4. The van der Waals surface area contributed by atoms with Gasteiger partial charge in [-0.25, -0.2) is 9.18 Å². The monoisotopic (exact) mass is 404 g/mol.